The molecule has 0 spiro atoms. The zero-order valence-corrected chi connectivity index (χ0v) is 13.2. The van der Waals surface area contributed by atoms with Gasteiger partial charge in [-0.1, -0.05) is 19.1 Å². The van der Waals surface area contributed by atoms with Crippen molar-refractivity contribution in [2.24, 2.45) is 0 Å². The second-order valence-corrected chi connectivity index (χ2v) is 6.15. The van der Waals surface area contributed by atoms with E-state index in [4.69, 9.17) is 4.74 Å². The van der Waals surface area contributed by atoms with Crippen LogP contribution in [0.5, 0.6) is 0 Å². The van der Waals surface area contributed by atoms with E-state index >= 15 is 0 Å². The molecule has 0 aromatic heterocycles. The van der Waals surface area contributed by atoms with Gasteiger partial charge in [0.05, 0.1) is 11.5 Å². The summed E-state index contributed by atoms with van der Waals surface area (Å²) in [5.74, 6) is 0. The van der Waals surface area contributed by atoms with Gasteiger partial charge in [0.15, 0.2) is 0 Å². The van der Waals surface area contributed by atoms with Crippen LogP contribution < -0.4 is 10.0 Å². The quantitative estimate of drug-likeness (QED) is 0.677. The van der Waals surface area contributed by atoms with Gasteiger partial charge in [0, 0.05) is 19.7 Å². The first-order valence-corrected chi connectivity index (χ1v) is 8.37. The van der Waals surface area contributed by atoms with E-state index in [1.807, 2.05) is 26.8 Å². The smallest absolute Gasteiger partial charge is 0.240 e. The number of hydrogen-bond acceptors (Lipinski definition) is 4. The minimum absolute atomic E-state index is 0.285. The maximum atomic E-state index is 12.3. The van der Waals surface area contributed by atoms with Gasteiger partial charge >= 0.3 is 0 Å². The summed E-state index contributed by atoms with van der Waals surface area (Å²) in [6, 6.07) is 5.35. The zero-order valence-electron chi connectivity index (χ0n) is 12.4. The molecule has 1 aromatic rings. The lowest BCUT2D eigenvalue weighted by Crippen LogP contribution is -2.28. The molecule has 0 saturated heterocycles. The molecule has 0 bridgehead atoms. The van der Waals surface area contributed by atoms with E-state index in [-0.39, 0.29) is 6.54 Å². The highest BCUT2D eigenvalue weighted by Crippen LogP contribution is 2.18. The van der Waals surface area contributed by atoms with Gasteiger partial charge in [-0.05, 0) is 37.6 Å². The number of nitrogens with one attached hydrogen (secondary N) is 2. The molecule has 20 heavy (non-hydrogen) atoms. The third-order valence-corrected chi connectivity index (χ3v) is 4.60. The van der Waals surface area contributed by atoms with Gasteiger partial charge in [0.1, 0.15) is 0 Å². The highest BCUT2D eigenvalue weighted by atomic mass is 32.2. The van der Waals surface area contributed by atoms with Crippen LogP contribution in [-0.4, -0.2) is 34.7 Å². The fourth-order valence-corrected chi connectivity index (χ4v) is 3.17. The molecule has 1 rings (SSSR count). The van der Waals surface area contributed by atoms with Crippen LogP contribution in [0.4, 0.5) is 0 Å². The van der Waals surface area contributed by atoms with Gasteiger partial charge < -0.3 is 10.1 Å². The monoisotopic (exact) mass is 300 g/mol. The number of benzene rings is 1. The minimum Gasteiger partial charge on any atom is -0.380 e. The summed E-state index contributed by atoms with van der Waals surface area (Å²) in [6.07, 6.45) is 0. The standard InChI is InChI=1S/C14H24N2O3S/c1-4-15-11-13-7-6-8-14(12(13)3)20(17,18)16-9-10-19-5-2/h6-8,15-16H,4-5,9-11H2,1-3H3. The Balaban J connectivity index is 2.83. The maximum absolute atomic E-state index is 12.3. The third kappa shape index (κ3) is 4.86. The van der Waals surface area contributed by atoms with Gasteiger partial charge in [-0.25, -0.2) is 13.1 Å². The molecule has 0 aliphatic carbocycles. The first-order chi connectivity index (χ1) is 9.53. The Hall–Kier alpha value is -0.950. The zero-order chi connectivity index (χ0) is 15.0. The second kappa shape index (κ2) is 8.36. The Kier molecular flexibility index (Phi) is 7.15. The van der Waals surface area contributed by atoms with Gasteiger partial charge in [0.2, 0.25) is 10.0 Å². The van der Waals surface area contributed by atoms with Crippen molar-refractivity contribution in [2.75, 3.05) is 26.3 Å². The Morgan fingerprint density at radius 3 is 2.65 bits per heavy atom. The Labute approximate surface area is 121 Å². The molecule has 0 saturated carbocycles. The van der Waals surface area contributed by atoms with Crippen molar-refractivity contribution in [1.82, 2.24) is 10.0 Å². The van der Waals surface area contributed by atoms with E-state index in [0.29, 0.717) is 24.7 Å². The molecule has 0 heterocycles. The molecule has 1 aromatic carbocycles. The van der Waals surface area contributed by atoms with Crippen molar-refractivity contribution in [2.45, 2.75) is 32.2 Å². The SMILES string of the molecule is CCNCc1cccc(S(=O)(=O)NCCOCC)c1C. The van der Waals surface area contributed by atoms with Crippen molar-refractivity contribution in [3.8, 4) is 0 Å². The highest BCUT2D eigenvalue weighted by Gasteiger charge is 2.17. The molecule has 2 N–H and O–H groups in total. The molecule has 5 nitrogen and oxygen atoms in total. The third-order valence-electron chi connectivity index (χ3n) is 2.99. The molecule has 0 aliphatic heterocycles. The summed E-state index contributed by atoms with van der Waals surface area (Å²) in [6.45, 7) is 8.50. The fraction of sp³-hybridized carbons (Fsp3) is 0.571. The Morgan fingerprint density at radius 2 is 2.00 bits per heavy atom. The van der Waals surface area contributed by atoms with E-state index < -0.39 is 10.0 Å². The molecule has 0 fully saturated rings. The molecule has 0 aliphatic rings. The second-order valence-electron chi connectivity index (χ2n) is 4.42. The van der Waals surface area contributed by atoms with Crippen LogP contribution in [-0.2, 0) is 21.3 Å². The van der Waals surface area contributed by atoms with Crippen LogP contribution in [0.3, 0.4) is 0 Å². The predicted octanol–water partition coefficient (Wildman–Crippen LogP) is 1.42. The lowest BCUT2D eigenvalue weighted by molar-refractivity contribution is 0.153. The number of rotatable bonds is 9. The van der Waals surface area contributed by atoms with E-state index in [0.717, 1.165) is 17.7 Å². The van der Waals surface area contributed by atoms with Crippen molar-refractivity contribution in [1.29, 1.82) is 0 Å². The summed E-state index contributed by atoms with van der Waals surface area (Å²) >= 11 is 0. The molecule has 114 valence electrons. The van der Waals surface area contributed by atoms with E-state index in [1.165, 1.54) is 0 Å². The summed E-state index contributed by atoms with van der Waals surface area (Å²) in [5.41, 5.74) is 1.79. The van der Waals surface area contributed by atoms with E-state index in [1.54, 1.807) is 12.1 Å². The van der Waals surface area contributed by atoms with Crippen molar-refractivity contribution >= 4 is 10.0 Å². The van der Waals surface area contributed by atoms with E-state index in [2.05, 4.69) is 10.0 Å². The average Bonchev–Trinajstić information content (AvgIpc) is 2.42. The average molecular weight is 300 g/mol. The fourth-order valence-electron chi connectivity index (χ4n) is 1.87. The lowest BCUT2D eigenvalue weighted by Gasteiger charge is -2.13. The number of ether oxygens (including phenoxy) is 1. The normalized spacial score (nSPS) is 11.8. The summed E-state index contributed by atoms with van der Waals surface area (Å²) < 4.78 is 32.2. The van der Waals surface area contributed by atoms with Crippen molar-refractivity contribution < 1.29 is 13.2 Å². The largest absolute Gasteiger partial charge is 0.380 e. The summed E-state index contributed by atoms with van der Waals surface area (Å²) in [5, 5.41) is 3.21. The van der Waals surface area contributed by atoms with Crippen LogP contribution in [0.15, 0.2) is 23.1 Å². The first-order valence-electron chi connectivity index (χ1n) is 6.89. The van der Waals surface area contributed by atoms with Gasteiger partial charge in [-0.15, -0.1) is 0 Å². The number of sulfonamides is 1. The molecule has 0 radical (unpaired) electrons. The van der Waals surface area contributed by atoms with Crippen molar-refractivity contribution in [3.05, 3.63) is 29.3 Å². The topological polar surface area (TPSA) is 67.4 Å². The van der Waals surface area contributed by atoms with Crippen LogP contribution >= 0.6 is 0 Å². The van der Waals surface area contributed by atoms with Gasteiger partial charge in [0.25, 0.3) is 0 Å². The molecular weight excluding hydrogens is 276 g/mol. The van der Waals surface area contributed by atoms with Gasteiger partial charge in [-0.2, -0.15) is 0 Å². The molecule has 0 amide bonds. The van der Waals surface area contributed by atoms with Crippen LogP contribution in [0.2, 0.25) is 0 Å². The maximum Gasteiger partial charge on any atom is 0.240 e. The molecule has 0 atom stereocenters. The highest BCUT2D eigenvalue weighted by molar-refractivity contribution is 7.89. The van der Waals surface area contributed by atoms with E-state index in [9.17, 15) is 8.42 Å². The first kappa shape index (κ1) is 17.1. The van der Waals surface area contributed by atoms with Crippen LogP contribution in [0.1, 0.15) is 25.0 Å². The number of hydrogen-bond donors (Lipinski definition) is 2. The van der Waals surface area contributed by atoms with Crippen molar-refractivity contribution in [3.63, 3.8) is 0 Å². The lowest BCUT2D eigenvalue weighted by atomic mass is 10.1. The summed E-state index contributed by atoms with van der Waals surface area (Å²) in [4.78, 5) is 0.337. The summed E-state index contributed by atoms with van der Waals surface area (Å²) in [7, 11) is -3.48. The van der Waals surface area contributed by atoms with Crippen LogP contribution in [0, 0.1) is 6.92 Å². The molecule has 6 heteroatoms. The minimum atomic E-state index is -3.48. The Bertz CT molecular complexity index is 515. The Morgan fingerprint density at radius 1 is 1.25 bits per heavy atom. The molecular formula is C14H24N2O3S. The van der Waals surface area contributed by atoms with Crippen LogP contribution in [0.25, 0.3) is 0 Å². The molecule has 0 unspecified atom stereocenters. The predicted molar refractivity (Wildman–Crippen MR) is 80.2 cm³/mol. The van der Waals surface area contributed by atoms with Gasteiger partial charge in [-0.3, -0.25) is 0 Å².